The van der Waals surface area contributed by atoms with E-state index >= 15 is 0 Å². The Balaban J connectivity index is 2.37. The zero-order valence-corrected chi connectivity index (χ0v) is 10.3. The first-order chi connectivity index (χ1) is 7.86. The highest BCUT2D eigenvalue weighted by atomic mass is 16.6. The highest BCUT2D eigenvalue weighted by Crippen LogP contribution is 2.31. The molecule has 1 heterocycles. The van der Waals surface area contributed by atoms with E-state index in [9.17, 15) is 10.1 Å². The van der Waals surface area contributed by atoms with Gasteiger partial charge in [0.25, 0.3) is 0 Å². The maximum Gasteiger partial charge on any atom is 0.367 e. The number of nitrogens with zero attached hydrogens (tertiary/aromatic N) is 2. The van der Waals surface area contributed by atoms with Crippen LogP contribution in [0.15, 0.2) is 12.1 Å². The number of pyridine rings is 1. The fraction of sp³-hybridized carbons (Fsp3) is 0.583. The maximum atomic E-state index is 10.8. The van der Waals surface area contributed by atoms with Crippen LogP contribution in [0.3, 0.4) is 0 Å². The van der Waals surface area contributed by atoms with Crippen LogP contribution in [0.25, 0.3) is 0 Å². The van der Waals surface area contributed by atoms with Gasteiger partial charge in [0.15, 0.2) is 5.69 Å². The van der Waals surface area contributed by atoms with E-state index in [1.54, 1.807) is 6.07 Å². The Kier molecular flexibility index (Phi) is 2.77. The Morgan fingerprint density at radius 3 is 2.53 bits per heavy atom. The van der Waals surface area contributed by atoms with Crippen molar-refractivity contribution in [2.45, 2.75) is 45.1 Å². The van der Waals surface area contributed by atoms with Gasteiger partial charge in [0.05, 0.1) is 12.2 Å². The molecule has 1 aliphatic carbocycles. The summed E-state index contributed by atoms with van der Waals surface area (Å²) in [6.45, 7) is 5.92. The molecule has 1 aromatic heterocycles. The average Bonchev–Trinajstić information content (AvgIpc) is 2.99. The van der Waals surface area contributed by atoms with Crippen molar-refractivity contribution in [3.8, 4) is 5.75 Å². The van der Waals surface area contributed by atoms with E-state index in [-0.39, 0.29) is 17.3 Å². The van der Waals surface area contributed by atoms with E-state index < -0.39 is 4.92 Å². The summed E-state index contributed by atoms with van der Waals surface area (Å²) in [6, 6.07) is 3.19. The molecule has 1 aliphatic rings. The van der Waals surface area contributed by atoms with Gasteiger partial charge in [0.2, 0.25) is 0 Å². The number of nitro groups is 1. The lowest BCUT2D eigenvalue weighted by atomic mass is 9.91. The van der Waals surface area contributed by atoms with E-state index in [0.29, 0.717) is 11.4 Å². The molecule has 92 valence electrons. The largest absolute Gasteiger partial charge is 0.490 e. The fourth-order valence-corrected chi connectivity index (χ4v) is 1.42. The zero-order valence-electron chi connectivity index (χ0n) is 10.3. The molecule has 0 N–H and O–H groups in total. The van der Waals surface area contributed by atoms with E-state index in [1.807, 2.05) is 20.8 Å². The van der Waals surface area contributed by atoms with Gasteiger partial charge >= 0.3 is 5.82 Å². The molecule has 1 saturated carbocycles. The summed E-state index contributed by atoms with van der Waals surface area (Å²) in [7, 11) is 0. The zero-order chi connectivity index (χ0) is 12.6. The Bertz CT molecular complexity index is 448. The van der Waals surface area contributed by atoms with Crippen molar-refractivity contribution in [3.05, 3.63) is 27.9 Å². The second-order valence-electron chi connectivity index (χ2n) is 5.37. The molecule has 0 unspecified atom stereocenters. The predicted molar refractivity (Wildman–Crippen MR) is 63.2 cm³/mol. The molecule has 0 saturated heterocycles. The second kappa shape index (κ2) is 3.98. The van der Waals surface area contributed by atoms with Gasteiger partial charge in [0.1, 0.15) is 5.75 Å². The monoisotopic (exact) mass is 236 g/mol. The molecule has 0 aromatic carbocycles. The van der Waals surface area contributed by atoms with Crippen LogP contribution in [0.1, 0.15) is 39.3 Å². The van der Waals surface area contributed by atoms with Crippen LogP contribution in [0.5, 0.6) is 5.75 Å². The second-order valence-corrected chi connectivity index (χ2v) is 5.37. The molecule has 0 radical (unpaired) electrons. The summed E-state index contributed by atoms with van der Waals surface area (Å²) in [5, 5.41) is 10.8. The van der Waals surface area contributed by atoms with Crippen LogP contribution < -0.4 is 4.74 Å². The normalized spacial score (nSPS) is 15.7. The summed E-state index contributed by atoms with van der Waals surface area (Å²) in [5.74, 6) is 0.409. The highest BCUT2D eigenvalue weighted by molar-refractivity contribution is 5.36. The van der Waals surface area contributed by atoms with E-state index in [0.717, 1.165) is 12.8 Å². The van der Waals surface area contributed by atoms with Crippen molar-refractivity contribution < 1.29 is 9.66 Å². The molecular formula is C12H16N2O3. The first-order valence-corrected chi connectivity index (χ1v) is 5.70. The first-order valence-electron chi connectivity index (χ1n) is 5.70. The Morgan fingerprint density at radius 1 is 1.41 bits per heavy atom. The lowest BCUT2D eigenvalue weighted by molar-refractivity contribution is -0.389. The van der Waals surface area contributed by atoms with Crippen molar-refractivity contribution in [3.63, 3.8) is 0 Å². The summed E-state index contributed by atoms with van der Waals surface area (Å²) >= 11 is 0. The van der Waals surface area contributed by atoms with Gasteiger partial charge in [-0.3, -0.25) is 0 Å². The van der Waals surface area contributed by atoms with Gasteiger partial charge in [-0.1, -0.05) is 20.8 Å². The standard InChI is InChI=1S/C12H16N2O3/c1-12(2,3)10-6-9(17-8-4-5-8)7-11(13-10)14(15)16/h6-8H,4-5H2,1-3H3. The molecule has 0 amide bonds. The maximum absolute atomic E-state index is 10.8. The topological polar surface area (TPSA) is 65.3 Å². The molecule has 1 fully saturated rings. The van der Waals surface area contributed by atoms with E-state index in [4.69, 9.17) is 4.74 Å². The predicted octanol–water partition coefficient (Wildman–Crippen LogP) is 2.83. The molecule has 1 aromatic rings. The van der Waals surface area contributed by atoms with Crippen molar-refractivity contribution in [2.24, 2.45) is 0 Å². The summed E-state index contributed by atoms with van der Waals surface area (Å²) in [6.07, 6.45) is 2.28. The van der Waals surface area contributed by atoms with Crippen molar-refractivity contribution in [2.75, 3.05) is 0 Å². The number of aromatic nitrogens is 1. The Labute approximate surface area is 100.0 Å². The number of hydrogen-bond acceptors (Lipinski definition) is 4. The minimum Gasteiger partial charge on any atom is -0.490 e. The van der Waals surface area contributed by atoms with Crippen LogP contribution in [0.4, 0.5) is 5.82 Å². The summed E-state index contributed by atoms with van der Waals surface area (Å²) < 4.78 is 5.61. The third-order valence-corrected chi connectivity index (χ3v) is 2.57. The molecule has 2 rings (SSSR count). The molecule has 0 spiro atoms. The van der Waals surface area contributed by atoms with Crippen molar-refractivity contribution >= 4 is 5.82 Å². The van der Waals surface area contributed by atoms with Gasteiger partial charge in [-0.15, -0.1) is 0 Å². The van der Waals surface area contributed by atoms with E-state index in [1.165, 1.54) is 6.07 Å². The molecular weight excluding hydrogens is 220 g/mol. The van der Waals surface area contributed by atoms with Gasteiger partial charge in [-0.25, -0.2) is 0 Å². The fourth-order valence-electron chi connectivity index (χ4n) is 1.42. The number of ether oxygens (including phenoxy) is 1. The quantitative estimate of drug-likeness (QED) is 0.598. The minimum atomic E-state index is -0.477. The van der Waals surface area contributed by atoms with Gasteiger partial charge in [-0.2, -0.15) is 0 Å². The number of hydrogen-bond donors (Lipinski definition) is 0. The Morgan fingerprint density at radius 2 is 2.06 bits per heavy atom. The lowest BCUT2D eigenvalue weighted by Crippen LogP contribution is -2.15. The first kappa shape index (κ1) is 11.8. The van der Waals surface area contributed by atoms with Crippen molar-refractivity contribution in [1.29, 1.82) is 0 Å². The van der Waals surface area contributed by atoms with Crippen LogP contribution in [-0.2, 0) is 5.41 Å². The molecule has 5 nitrogen and oxygen atoms in total. The van der Waals surface area contributed by atoms with Crippen LogP contribution in [0, 0.1) is 10.1 Å². The SMILES string of the molecule is CC(C)(C)c1cc(OC2CC2)cc([N+](=O)[O-])n1. The molecule has 17 heavy (non-hydrogen) atoms. The smallest absolute Gasteiger partial charge is 0.367 e. The van der Waals surface area contributed by atoms with Crippen LogP contribution >= 0.6 is 0 Å². The Hall–Kier alpha value is -1.65. The molecule has 0 aliphatic heterocycles. The third-order valence-electron chi connectivity index (χ3n) is 2.57. The third kappa shape index (κ3) is 2.93. The lowest BCUT2D eigenvalue weighted by Gasteiger charge is -2.14. The molecule has 5 heteroatoms. The van der Waals surface area contributed by atoms with Crippen molar-refractivity contribution in [1.82, 2.24) is 4.98 Å². The summed E-state index contributed by atoms with van der Waals surface area (Å²) in [5.41, 5.74) is 0.454. The van der Waals surface area contributed by atoms with Gasteiger partial charge in [-0.05, 0) is 22.7 Å². The van der Waals surface area contributed by atoms with Crippen LogP contribution in [0.2, 0.25) is 0 Å². The number of rotatable bonds is 3. The minimum absolute atomic E-state index is 0.145. The molecule has 0 bridgehead atoms. The summed E-state index contributed by atoms with van der Waals surface area (Å²) in [4.78, 5) is 14.4. The van der Waals surface area contributed by atoms with E-state index in [2.05, 4.69) is 4.98 Å². The highest BCUT2D eigenvalue weighted by Gasteiger charge is 2.28. The van der Waals surface area contributed by atoms with Gasteiger partial charge in [0, 0.05) is 11.5 Å². The molecule has 0 atom stereocenters. The van der Waals surface area contributed by atoms with Crippen LogP contribution in [-0.4, -0.2) is 16.0 Å². The van der Waals surface area contributed by atoms with Gasteiger partial charge < -0.3 is 14.9 Å². The average molecular weight is 236 g/mol.